The predicted molar refractivity (Wildman–Crippen MR) is 155 cm³/mol. The van der Waals surface area contributed by atoms with Crippen molar-refractivity contribution < 1.29 is 14.3 Å². The average Bonchev–Trinajstić information content (AvgIpc) is 3.33. The highest BCUT2D eigenvalue weighted by molar-refractivity contribution is 7.19. The Balaban J connectivity index is 1.53. The molecule has 8 heteroatoms. The molecule has 1 aliphatic rings. The number of carbonyl (C=O) groups is 1. The molecule has 4 aromatic rings. The highest BCUT2D eigenvalue weighted by Crippen LogP contribution is 2.35. The fourth-order valence-electron chi connectivity index (χ4n) is 4.67. The summed E-state index contributed by atoms with van der Waals surface area (Å²) in [5, 5.41) is 9.07. The summed E-state index contributed by atoms with van der Waals surface area (Å²) in [5.74, 6) is 1.26. The van der Waals surface area contributed by atoms with E-state index in [-0.39, 0.29) is 12.1 Å². The molecule has 1 aliphatic heterocycles. The van der Waals surface area contributed by atoms with Crippen molar-refractivity contribution >= 4 is 34.7 Å². The summed E-state index contributed by atoms with van der Waals surface area (Å²) in [7, 11) is 4.85. The zero-order valence-electron chi connectivity index (χ0n) is 21.6. The minimum absolute atomic E-state index is 0.152. The van der Waals surface area contributed by atoms with Gasteiger partial charge in [-0.25, -0.2) is 9.80 Å². The number of methoxy groups -OCH3 is 2. The van der Waals surface area contributed by atoms with Crippen LogP contribution in [-0.2, 0) is 6.42 Å². The molecule has 3 aromatic carbocycles. The second-order valence-electron chi connectivity index (χ2n) is 9.02. The molecule has 0 saturated carbocycles. The van der Waals surface area contributed by atoms with Crippen LogP contribution in [0.3, 0.4) is 0 Å². The first-order valence-electron chi connectivity index (χ1n) is 12.2. The van der Waals surface area contributed by atoms with Crippen LogP contribution in [0.15, 0.2) is 77.9 Å². The van der Waals surface area contributed by atoms with Gasteiger partial charge in [-0.15, -0.1) is 11.3 Å². The summed E-state index contributed by atoms with van der Waals surface area (Å²) in [4.78, 5) is 13.9. The maximum absolute atomic E-state index is 12.7. The van der Waals surface area contributed by atoms with Crippen LogP contribution in [0.2, 0.25) is 4.34 Å². The number of benzene rings is 3. The average molecular weight is 546 g/mol. The van der Waals surface area contributed by atoms with Crippen molar-refractivity contribution in [1.29, 1.82) is 0 Å². The molecule has 2 amide bonds. The number of halogens is 1. The maximum Gasteiger partial charge on any atom is 0.337 e. The van der Waals surface area contributed by atoms with Crippen LogP contribution in [0.25, 0.3) is 21.6 Å². The zero-order valence-corrected chi connectivity index (χ0v) is 23.2. The molecule has 6 nitrogen and oxygen atoms in total. The summed E-state index contributed by atoms with van der Waals surface area (Å²) in [6.45, 7) is 1.99. The fraction of sp³-hybridized carbons (Fsp3) is 0.200. The second kappa shape index (κ2) is 10.9. The summed E-state index contributed by atoms with van der Waals surface area (Å²) in [6.07, 6.45) is 0.621. The minimum Gasteiger partial charge on any atom is -0.493 e. The quantitative estimate of drug-likeness (QED) is 0.291. The monoisotopic (exact) mass is 545 g/mol. The van der Waals surface area contributed by atoms with Gasteiger partial charge >= 0.3 is 6.03 Å². The van der Waals surface area contributed by atoms with E-state index >= 15 is 0 Å². The molecule has 5 rings (SSSR count). The third kappa shape index (κ3) is 4.99. The number of nitrogens with one attached hydrogen (secondary N) is 1. The van der Waals surface area contributed by atoms with Crippen LogP contribution in [0.5, 0.6) is 11.5 Å². The highest BCUT2D eigenvalue weighted by atomic mass is 35.5. The number of ether oxygens (including phenoxy) is 2. The Hall–Kier alpha value is -3.81. The van der Waals surface area contributed by atoms with Gasteiger partial charge in [-0.1, -0.05) is 60.1 Å². The lowest BCUT2D eigenvalue weighted by Gasteiger charge is -2.22. The number of rotatable bonds is 5. The van der Waals surface area contributed by atoms with E-state index in [1.807, 2.05) is 43.3 Å². The van der Waals surface area contributed by atoms with Crippen molar-refractivity contribution in [3.8, 4) is 33.1 Å². The van der Waals surface area contributed by atoms with E-state index in [9.17, 15) is 4.79 Å². The molecule has 38 heavy (non-hydrogen) atoms. The number of urea groups is 1. The number of fused-ring (bicyclic) bond motifs is 1. The molecule has 0 bridgehead atoms. The van der Waals surface area contributed by atoms with Gasteiger partial charge in [0.25, 0.3) is 0 Å². The van der Waals surface area contributed by atoms with E-state index in [4.69, 9.17) is 26.2 Å². The molecular formula is C30H28ClN3O3S. The van der Waals surface area contributed by atoms with Crippen LogP contribution in [-0.4, -0.2) is 44.1 Å². The maximum atomic E-state index is 12.7. The van der Waals surface area contributed by atoms with Crippen molar-refractivity contribution in [2.45, 2.75) is 19.4 Å². The fourth-order valence-corrected chi connectivity index (χ4v) is 5.71. The molecule has 2 heterocycles. The Labute approximate surface area is 231 Å². The van der Waals surface area contributed by atoms with Crippen molar-refractivity contribution in [2.75, 3.05) is 21.3 Å². The molecule has 1 unspecified atom stereocenters. The normalized spacial score (nSPS) is 14.8. The Morgan fingerprint density at radius 2 is 1.50 bits per heavy atom. The summed E-state index contributed by atoms with van der Waals surface area (Å²) in [6, 6.07) is 24.1. The van der Waals surface area contributed by atoms with Crippen molar-refractivity contribution in [2.24, 2.45) is 5.10 Å². The van der Waals surface area contributed by atoms with Crippen LogP contribution < -0.4 is 14.8 Å². The Bertz CT molecular complexity index is 1500. The summed E-state index contributed by atoms with van der Waals surface area (Å²) >= 11 is 7.67. The van der Waals surface area contributed by atoms with Gasteiger partial charge in [-0.05, 0) is 59.9 Å². The van der Waals surface area contributed by atoms with Crippen LogP contribution in [0.1, 0.15) is 23.6 Å². The number of nitrogens with zero attached hydrogens (tertiary/aromatic N) is 2. The van der Waals surface area contributed by atoms with Gasteiger partial charge in [-0.3, -0.25) is 0 Å². The Morgan fingerprint density at radius 3 is 2.05 bits per heavy atom. The van der Waals surface area contributed by atoms with Crippen LogP contribution >= 0.6 is 22.9 Å². The lowest BCUT2D eigenvalue weighted by atomic mass is 9.93. The molecule has 1 aromatic heterocycles. The third-order valence-electron chi connectivity index (χ3n) is 6.66. The molecule has 0 saturated heterocycles. The highest BCUT2D eigenvalue weighted by Gasteiger charge is 2.28. The van der Waals surface area contributed by atoms with E-state index in [0.717, 1.165) is 42.6 Å². The van der Waals surface area contributed by atoms with Gasteiger partial charge in [-0.2, -0.15) is 5.10 Å². The molecule has 0 spiro atoms. The number of amides is 2. The first kappa shape index (κ1) is 25.8. The van der Waals surface area contributed by atoms with Crippen molar-refractivity contribution in [3.05, 3.63) is 93.8 Å². The number of hydrogen-bond acceptors (Lipinski definition) is 5. The van der Waals surface area contributed by atoms with Gasteiger partial charge in [0.05, 0.1) is 30.3 Å². The van der Waals surface area contributed by atoms with E-state index < -0.39 is 0 Å². The van der Waals surface area contributed by atoms with Crippen molar-refractivity contribution in [3.63, 3.8) is 0 Å². The smallest absolute Gasteiger partial charge is 0.337 e. The van der Waals surface area contributed by atoms with Gasteiger partial charge in [0, 0.05) is 23.1 Å². The minimum atomic E-state index is -0.259. The van der Waals surface area contributed by atoms with Gasteiger partial charge < -0.3 is 14.8 Å². The van der Waals surface area contributed by atoms with Crippen molar-refractivity contribution in [1.82, 2.24) is 10.3 Å². The molecule has 0 radical (unpaired) electrons. The Kier molecular flexibility index (Phi) is 7.40. The first-order chi connectivity index (χ1) is 18.4. The Morgan fingerprint density at radius 1 is 0.921 bits per heavy atom. The van der Waals surface area contributed by atoms with Crippen LogP contribution in [0.4, 0.5) is 4.79 Å². The molecule has 1 atom stereocenters. The molecular weight excluding hydrogens is 518 g/mol. The van der Waals surface area contributed by atoms with Gasteiger partial charge in [0.15, 0.2) is 11.5 Å². The van der Waals surface area contributed by atoms with E-state index in [1.54, 1.807) is 32.6 Å². The number of thiophene rings is 1. The summed E-state index contributed by atoms with van der Waals surface area (Å²) in [5.41, 5.74) is 6.88. The molecule has 194 valence electrons. The van der Waals surface area contributed by atoms with E-state index in [0.29, 0.717) is 23.6 Å². The SMILES string of the molecule is CNC(=O)N1N=C(c2ccc(-c3ccc(-c4ccc(Cl)s4)cc3)cc2)c2cc(OC)c(OC)cc2CC1C. The number of carbonyl (C=O) groups excluding carboxylic acids is 1. The number of hydrogen-bond donors (Lipinski definition) is 1. The molecule has 1 N–H and O–H groups in total. The summed E-state index contributed by atoms with van der Waals surface area (Å²) < 4.78 is 11.9. The standard InChI is InChI=1S/C30H28ClN3O3S/c1-18-15-23-16-25(36-3)26(37-4)17-24(23)29(33-34(18)30(35)32-2)22-11-7-20(8-12-22)19-5-9-21(10-6-19)27-13-14-28(31)38-27/h5-14,16-18H,15H2,1-4H3,(H,32,35). The van der Waals surface area contributed by atoms with Gasteiger partial charge in [0.1, 0.15) is 0 Å². The molecule has 0 fully saturated rings. The topological polar surface area (TPSA) is 63.2 Å². The van der Waals surface area contributed by atoms with Gasteiger partial charge in [0.2, 0.25) is 0 Å². The predicted octanol–water partition coefficient (Wildman–Crippen LogP) is 7.09. The number of hydrazone groups is 1. The lowest BCUT2D eigenvalue weighted by molar-refractivity contribution is 0.184. The largest absolute Gasteiger partial charge is 0.493 e. The second-order valence-corrected chi connectivity index (χ2v) is 10.7. The third-order valence-corrected chi connectivity index (χ3v) is 7.94. The van der Waals surface area contributed by atoms with Crippen LogP contribution in [0, 0.1) is 0 Å². The first-order valence-corrected chi connectivity index (χ1v) is 13.4. The zero-order chi connectivity index (χ0) is 26.8. The van der Waals surface area contributed by atoms with E-state index in [2.05, 4.69) is 41.7 Å². The molecule has 0 aliphatic carbocycles. The van der Waals surface area contributed by atoms with E-state index in [1.165, 1.54) is 5.01 Å². The lowest BCUT2D eigenvalue weighted by Crippen LogP contribution is -2.41.